The maximum absolute atomic E-state index is 13.0. The molecular formula is C18H31N3O5. The van der Waals surface area contributed by atoms with Gasteiger partial charge in [-0.15, -0.1) is 0 Å². The van der Waals surface area contributed by atoms with Crippen molar-refractivity contribution in [2.75, 3.05) is 6.54 Å². The van der Waals surface area contributed by atoms with Crippen LogP contribution in [0.5, 0.6) is 0 Å². The summed E-state index contributed by atoms with van der Waals surface area (Å²) in [6.07, 6.45) is 6.12. The summed E-state index contributed by atoms with van der Waals surface area (Å²) >= 11 is 0. The second kappa shape index (κ2) is 9.32. The summed E-state index contributed by atoms with van der Waals surface area (Å²) in [5, 5.41) is 21.8. The van der Waals surface area contributed by atoms with E-state index in [4.69, 9.17) is 5.73 Å². The van der Waals surface area contributed by atoms with Crippen LogP contribution in [0.2, 0.25) is 0 Å². The van der Waals surface area contributed by atoms with Crippen molar-refractivity contribution in [3.8, 4) is 0 Å². The average Bonchev–Trinajstić information content (AvgIpc) is 2.99. The largest absolute Gasteiger partial charge is 0.480 e. The summed E-state index contributed by atoms with van der Waals surface area (Å²) in [4.78, 5) is 37.6. The molecule has 1 saturated heterocycles. The number of carbonyl (C=O) groups is 3. The highest BCUT2D eigenvalue weighted by atomic mass is 16.4. The Bertz CT molecular complexity index is 527. The Labute approximate surface area is 154 Å². The van der Waals surface area contributed by atoms with E-state index in [-0.39, 0.29) is 17.9 Å². The van der Waals surface area contributed by atoms with Gasteiger partial charge in [0.25, 0.3) is 0 Å². The predicted octanol–water partition coefficient (Wildman–Crippen LogP) is 0.791. The van der Waals surface area contributed by atoms with E-state index in [9.17, 15) is 24.6 Å². The van der Waals surface area contributed by atoms with Gasteiger partial charge in [-0.1, -0.05) is 19.3 Å². The first kappa shape index (κ1) is 20.6. The molecule has 1 aliphatic heterocycles. The van der Waals surface area contributed by atoms with Crippen molar-refractivity contribution in [3.63, 3.8) is 0 Å². The summed E-state index contributed by atoms with van der Waals surface area (Å²) in [5.74, 6) is -2.05. The minimum atomic E-state index is -1.01. The molecule has 0 spiro atoms. The number of hydrogen-bond donors (Lipinski definition) is 4. The van der Waals surface area contributed by atoms with Crippen LogP contribution in [-0.2, 0) is 14.4 Å². The number of nitrogens with one attached hydrogen (secondary N) is 1. The molecule has 0 unspecified atom stereocenters. The molecule has 0 aromatic heterocycles. The fourth-order valence-electron chi connectivity index (χ4n) is 4.37. The molecule has 5 atom stereocenters. The van der Waals surface area contributed by atoms with Gasteiger partial charge in [-0.05, 0) is 51.5 Å². The van der Waals surface area contributed by atoms with Crippen molar-refractivity contribution in [2.24, 2.45) is 11.7 Å². The molecule has 8 nitrogen and oxygen atoms in total. The number of carbonyl (C=O) groups excluding carboxylic acids is 1. The van der Waals surface area contributed by atoms with Crippen LogP contribution < -0.4 is 11.1 Å². The number of likely N-dealkylation sites (tertiary alicyclic amines) is 1. The zero-order chi connectivity index (χ0) is 19.3. The van der Waals surface area contributed by atoms with Crippen molar-refractivity contribution in [1.82, 2.24) is 10.2 Å². The van der Waals surface area contributed by atoms with Crippen LogP contribution in [0.4, 0.5) is 0 Å². The van der Waals surface area contributed by atoms with Gasteiger partial charge in [0.15, 0.2) is 0 Å². The molecule has 0 aromatic rings. The van der Waals surface area contributed by atoms with Crippen LogP contribution in [-0.4, -0.2) is 63.7 Å². The molecule has 2 rings (SSSR count). The molecule has 148 valence electrons. The van der Waals surface area contributed by atoms with Crippen molar-refractivity contribution >= 4 is 17.8 Å². The fourth-order valence-corrected chi connectivity index (χ4v) is 4.37. The van der Waals surface area contributed by atoms with Crippen molar-refractivity contribution in [2.45, 2.75) is 82.5 Å². The SMILES string of the molecule is C[C@H](N[C@@H](CCCCN)C(=O)O)C(=O)N1[C@@H]2CCCC[C@@H]2C[C@H]1C(=O)O. The zero-order valence-electron chi connectivity index (χ0n) is 15.4. The van der Waals surface area contributed by atoms with Gasteiger partial charge in [0.1, 0.15) is 12.1 Å². The third-order valence-electron chi connectivity index (χ3n) is 5.69. The number of hydrogen-bond acceptors (Lipinski definition) is 5. The molecule has 0 aromatic carbocycles. The van der Waals surface area contributed by atoms with Gasteiger partial charge in [0, 0.05) is 6.04 Å². The summed E-state index contributed by atoms with van der Waals surface area (Å²) < 4.78 is 0. The van der Waals surface area contributed by atoms with E-state index in [1.807, 2.05) is 0 Å². The Kier molecular flexibility index (Phi) is 7.40. The molecule has 26 heavy (non-hydrogen) atoms. The normalized spacial score (nSPS) is 27.6. The topological polar surface area (TPSA) is 133 Å². The molecular weight excluding hydrogens is 338 g/mol. The lowest BCUT2D eigenvalue weighted by Crippen LogP contribution is -2.55. The number of aliphatic carboxylic acids is 2. The lowest BCUT2D eigenvalue weighted by molar-refractivity contribution is -0.151. The molecule has 1 amide bonds. The van der Waals surface area contributed by atoms with Crippen molar-refractivity contribution < 1.29 is 24.6 Å². The van der Waals surface area contributed by atoms with Gasteiger partial charge in [-0.2, -0.15) is 0 Å². The Morgan fingerprint density at radius 3 is 2.50 bits per heavy atom. The van der Waals surface area contributed by atoms with Crippen molar-refractivity contribution in [3.05, 3.63) is 0 Å². The smallest absolute Gasteiger partial charge is 0.326 e. The number of carboxylic acid groups (broad SMARTS) is 2. The molecule has 0 bridgehead atoms. The summed E-state index contributed by atoms with van der Waals surface area (Å²) in [6, 6.07) is -2.42. The van der Waals surface area contributed by atoms with E-state index in [0.29, 0.717) is 25.8 Å². The highest BCUT2D eigenvalue weighted by molar-refractivity contribution is 5.88. The van der Waals surface area contributed by atoms with Gasteiger partial charge in [0.05, 0.1) is 6.04 Å². The maximum Gasteiger partial charge on any atom is 0.326 e. The van der Waals surface area contributed by atoms with E-state index in [1.165, 1.54) is 4.90 Å². The first-order valence-electron chi connectivity index (χ1n) is 9.60. The number of unbranched alkanes of at least 4 members (excludes halogenated alkanes) is 1. The molecule has 0 radical (unpaired) electrons. The zero-order valence-corrected chi connectivity index (χ0v) is 15.4. The van der Waals surface area contributed by atoms with Gasteiger partial charge in [-0.25, -0.2) is 4.79 Å². The average molecular weight is 369 g/mol. The maximum atomic E-state index is 13.0. The summed E-state index contributed by atoms with van der Waals surface area (Å²) in [6.45, 7) is 2.12. The van der Waals surface area contributed by atoms with E-state index < -0.39 is 30.1 Å². The summed E-state index contributed by atoms with van der Waals surface area (Å²) in [7, 11) is 0. The molecule has 8 heteroatoms. The number of rotatable bonds is 9. The van der Waals surface area contributed by atoms with Gasteiger partial charge in [0.2, 0.25) is 5.91 Å². The van der Waals surface area contributed by atoms with Gasteiger partial charge >= 0.3 is 11.9 Å². The molecule has 1 heterocycles. The van der Waals surface area contributed by atoms with E-state index in [2.05, 4.69) is 5.32 Å². The van der Waals surface area contributed by atoms with Crippen molar-refractivity contribution in [1.29, 1.82) is 0 Å². The van der Waals surface area contributed by atoms with Crippen LogP contribution >= 0.6 is 0 Å². The Hall–Kier alpha value is -1.67. The van der Waals surface area contributed by atoms with E-state index in [0.717, 1.165) is 32.1 Å². The lowest BCUT2D eigenvalue weighted by Gasteiger charge is -2.35. The highest BCUT2D eigenvalue weighted by Gasteiger charge is 2.48. The Balaban J connectivity index is 2.06. The second-order valence-corrected chi connectivity index (χ2v) is 7.51. The van der Waals surface area contributed by atoms with Gasteiger partial charge in [-0.3, -0.25) is 14.9 Å². The van der Waals surface area contributed by atoms with Crippen LogP contribution in [0.3, 0.4) is 0 Å². The fraction of sp³-hybridized carbons (Fsp3) is 0.833. The minimum absolute atomic E-state index is 0.0397. The molecule has 2 fully saturated rings. The van der Waals surface area contributed by atoms with Crippen LogP contribution in [0.25, 0.3) is 0 Å². The number of nitrogens with zero attached hydrogens (tertiary/aromatic N) is 1. The lowest BCUT2D eigenvalue weighted by atomic mass is 9.84. The molecule has 5 N–H and O–H groups in total. The van der Waals surface area contributed by atoms with Crippen LogP contribution in [0, 0.1) is 5.92 Å². The Morgan fingerprint density at radius 1 is 1.19 bits per heavy atom. The van der Waals surface area contributed by atoms with Gasteiger partial charge < -0.3 is 20.8 Å². The highest BCUT2D eigenvalue weighted by Crippen LogP contribution is 2.40. The third-order valence-corrected chi connectivity index (χ3v) is 5.69. The third kappa shape index (κ3) is 4.73. The quantitative estimate of drug-likeness (QED) is 0.442. The number of amides is 1. The standard InChI is InChI=1S/C18H31N3O5/c1-11(20-13(17(23)24)7-4-5-9-19)16(22)21-14-8-3-2-6-12(14)10-15(21)18(25)26/h11-15,20H,2-10,19H2,1H3,(H,23,24)(H,25,26)/t11-,12+,13-,14+,15-/m0/s1. The second-order valence-electron chi connectivity index (χ2n) is 7.51. The molecule has 1 saturated carbocycles. The first-order chi connectivity index (χ1) is 12.4. The number of nitrogens with two attached hydrogens (primary N) is 1. The first-order valence-corrected chi connectivity index (χ1v) is 9.60. The summed E-state index contributed by atoms with van der Waals surface area (Å²) in [5.41, 5.74) is 5.44. The molecule has 1 aliphatic carbocycles. The molecule has 2 aliphatic rings. The number of carboxylic acids is 2. The van der Waals surface area contributed by atoms with Crippen LogP contribution in [0.1, 0.15) is 58.3 Å². The number of fused-ring (bicyclic) bond motifs is 1. The van der Waals surface area contributed by atoms with E-state index in [1.54, 1.807) is 6.92 Å². The monoisotopic (exact) mass is 369 g/mol. The van der Waals surface area contributed by atoms with E-state index >= 15 is 0 Å². The Morgan fingerprint density at radius 2 is 1.88 bits per heavy atom. The predicted molar refractivity (Wildman–Crippen MR) is 95.6 cm³/mol. The minimum Gasteiger partial charge on any atom is -0.480 e. The van der Waals surface area contributed by atoms with Crippen LogP contribution in [0.15, 0.2) is 0 Å².